The van der Waals surface area contributed by atoms with Gasteiger partial charge in [0.15, 0.2) is 0 Å². The van der Waals surface area contributed by atoms with Gasteiger partial charge in [-0.3, -0.25) is 0 Å². The van der Waals surface area contributed by atoms with Crippen LogP contribution >= 0.6 is 11.3 Å². The number of nitrogens with zero attached hydrogens (tertiary/aromatic N) is 4. The molecule has 0 radical (unpaired) electrons. The summed E-state index contributed by atoms with van der Waals surface area (Å²) >= 11 is 1.33. The molecular weight excluding hydrogens is 426 g/mol. The molecule has 0 bridgehead atoms. The molecule has 0 aliphatic heterocycles. The zero-order valence-electron chi connectivity index (χ0n) is 18.7. The Hall–Kier alpha value is -3.46. The molecule has 0 spiro atoms. The van der Waals surface area contributed by atoms with Crippen LogP contribution in [0.25, 0.3) is 10.2 Å². The largest absolute Gasteiger partial charge is 0.497 e. The Bertz CT molecular complexity index is 1260. The van der Waals surface area contributed by atoms with Crippen LogP contribution in [0.4, 0.5) is 5.82 Å². The van der Waals surface area contributed by atoms with E-state index in [1.807, 2.05) is 55.9 Å². The first kappa shape index (κ1) is 21.8. The number of fused-ring (bicyclic) bond motifs is 1. The van der Waals surface area contributed by atoms with Gasteiger partial charge >= 0.3 is 5.97 Å². The van der Waals surface area contributed by atoms with Crippen LogP contribution in [0.2, 0.25) is 0 Å². The number of carbonyl (C=O) groups excluding carboxylic acids is 1. The van der Waals surface area contributed by atoms with Crippen LogP contribution in [-0.4, -0.2) is 39.2 Å². The smallest absolute Gasteiger partial charge is 0.348 e. The summed E-state index contributed by atoms with van der Waals surface area (Å²) in [5.41, 5.74) is 1.81. The predicted molar refractivity (Wildman–Crippen MR) is 125 cm³/mol. The van der Waals surface area contributed by atoms with E-state index in [0.29, 0.717) is 23.1 Å². The molecule has 1 atom stereocenters. The number of rotatable bonds is 7. The summed E-state index contributed by atoms with van der Waals surface area (Å²) in [4.78, 5) is 27.6. The van der Waals surface area contributed by atoms with Gasteiger partial charge < -0.3 is 19.4 Å². The number of carbonyl (C=O) groups is 1. The van der Waals surface area contributed by atoms with Crippen LogP contribution < -0.4 is 10.1 Å². The quantitative estimate of drug-likeness (QED) is 0.416. The molecule has 0 saturated heterocycles. The maximum Gasteiger partial charge on any atom is 0.348 e. The molecule has 0 aliphatic rings. The van der Waals surface area contributed by atoms with Gasteiger partial charge in [-0.05, 0) is 44.0 Å². The molecule has 0 aliphatic carbocycles. The van der Waals surface area contributed by atoms with Crippen molar-refractivity contribution in [3.63, 3.8) is 0 Å². The summed E-state index contributed by atoms with van der Waals surface area (Å²) in [5, 5.41) is 4.38. The molecule has 0 unspecified atom stereocenters. The van der Waals surface area contributed by atoms with Crippen molar-refractivity contribution in [2.75, 3.05) is 19.0 Å². The number of anilines is 1. The second-order valence-corrected chi connectivity index (χ2v) is 8.32. The van der Waals surface area contributed by atoms with Crippen molar-refractivity contribution in [3.05, 3.63) is 64.3 Å². The van der Waals surface area contributed by atoms with Crippen molar-refractivity contribution in [1.29, 1.82) is 0 Å². The van der Waals surface area contributed by atoms with E-state index in [4.69, 9.17) is 9.47 Å². The molecule has 0 amide bonds. The fourth-order valence-electron chi connectivity index (χ4n) is 3.63. The Labute approximate surface area is 190 Å². The van der Waals surface area contributed by atoms with Crippen molar-refractivity contribution < 1.29 is 14.3 Å². The predicted octanol–water partition coefficient (Wildman–Crippen LogP) is 4.43. The van der Waals surface area contributed by atoms with E-state index < -0.39 is 0 Å². The Morgan fingerprint density at radius 3 is 2.59 bits per heavy atom. The number of hydrogen-bond donors (Lipinski definition) is 1. The lowest BCUT2D eigenvalue weighted by molar-refractivity contribution is 0.0531. The molecule has 4 aromatic rings. The fraction of sp³-hybridized carbons (Fsp3) is 0.304. The number of nitrogens with one attached hydrogen (secondary N) is 1. The van der Waals surface area contributed by atoms with Crippen molar-refractivity contribution in [3.8, 4) is 5.75 Å². The number of thiophene rings is 1. The van der Waals surface area contributed by atoms with E-state index in [0.717, 1.165) is 32.9 Å². The maximum absolute atomic E-state index is 12.5. The number of aromatic nitrogens is 4. The van der Waals surface area contributed by atoms with E-state index in [1.54, 1.807) is 20.2 Å². The second kappa shape index (κ2) is 8.96. The zero-order chi connectivity index (χ0) is 22.8. The van der Waals surface area contributed by atoms with Gasteiger partial charge in [0.1, 0.15) is 39.0 Å². The molecule has 3 aromatic heterocycles. The molecule has 3 heterocycles. The highest BCUT2D eigenvalue weighted by Gasteiger charge is 2.25. The van der Waals surface area contributed by atoms with Crippen LogP contribution in [0.5, 0.6) is 5.75 Å². The van der Waals surface area contributed by atoms with Crippen LogP contribution in [0.1, 0.15) is 45.4 Å². The SMILES string of the molecule is CCOC(=O)c1sc2nc(C)nc(N[C@@H](c3ccc(OC)cc3)c3nccn3C)c2c1C. The molecule has 4 rings (SSSR count). The van der Waals surface area contributed by atoms with Gasteiger partial charge in [0.2, 0.25) is 0 Å². The molecule has 9 heteroatoms. The van der Waals surface area contributed by atoms with Crippen molar-refractivity contribution in [2.45, 2.75) is 26.8 Å². The van der Waals surface area contributed by atoms with E-state index in [-0.39, 0.29) is 12.0 Å². The van der Waals surface area contributed by atoms with Gasteiger partial charge in [-0.2, -0.15) is 0 Å². The molecule has 1 aromatic carbocycles. The minimum atomic E-state index is -0.340. The fourth-order valence-corrected chi connectivity index (χ4v) is 4.75. The standard InChI is InChI=1S/C23H25N5O3S/c1-6-31-23(29)19-13(2)17-20(25-14(3)26-22(17)32-19)27-18(21-24-11-12-28(21)4)15-7-9-16(30-5)10-8-15/h7-12,18H,6H2,1-5H3,(H,25,26,27)/t18-/m0/s1. The van der Waals surface area contributed by atoms with Gasteiger partial charge in [0, 0.05) is 19.4 Å². The first-order valence-corrected chi connectivity index (χ1v) is 11.1. The average Bonchev–Trinajstić information content (AvgIpc) is 3.35. The molecule has 0 saturated carbocycles. The highest BCUT2D eigenvalue weighted by atomic mass is 32.1. The number of methoxy groups -OCH3 is 1. The van der Waals surface area contributed by atoms with Crippen molar-refractivity contribution in [1.82, 2.24) is 19.5 Å². The summed E-state index contributed by atoms with van der Waals surface area (Å²) in [6.45, 7) is 5.86. The van der Waals surface area contributed by atoms with Crippen molar-refractivity contribution >= 4 is 33.3 Å². The lowest BCUT2D eigenvalue weighted by Gasteiger charge is -2.21. The number of ether oxygens (including phenoxy) is 2. The average molecular weight is 452 g/mol. The van der Waals surface area contributed by atoms with Gasteiger partial charge in [-0.1, -0.05) is 12.1 Å². The number of benzene rings is 1. The Kier molecular flexibility index (Phi) is 6.09. The first-order valence-electron chi connectivity index (χ1n) is 10.3. The van der Waals surface area contributed by atoms with Crippen LogP contribution in [0.3, 0.4) is 0 Å². The van der Waals surface area contributed by atoms with E-state index in [1.165, 1.54) is 11.3 Å². The van der Waals surface area contributed by atoms with Crippen LogP contribution in [-0.2, 0) is 11.8 Å². The third-order valence-electron chi connectivity index (χ3n) is 5.21. The molecular formula is C23H25N5O3S. The number of aryl methyl sites for hydroxylation is 3. The van der Waals surface area contributed by atoms with Crippen LogP contribution in [0.15, 0.2) is 36.7 Å². The molecule has 32 heavy (non-hydrogen) atoms. The van der Waals surface area contributed by atoms with Gasteiger partial charge in [-0.25, -0.2) is 19.7 Å². The lowest BCUT2D eigenvalue weighted by Crippen LogP contribution is -2.18. The second-order valence-electron chi connectivity index (χ2n) is 7.32. The third-order valence-corrected chi connectivity index (χ3v) is 6.38. The van der Waals surface area contributed by atoms with E-state index >= 15 is 0 Å². The van der Waals surface area contributed by atoms with Gasteiger partial charge in [0.25, 0.3) is 0 Å². The summed E-state index contributed by atoms with van der Waals surface area (Å²) in [7, 11) is 3.60. The molecule has 1 N–H and O–H groups in total. The summed E-state index contributed by atoms with van der Waals surface area (Å²) < 4.78 is 12.5. The number of esters is 1. The third kappa shape index (κ3) is 4.03. The summed E-state index contributed by atoms with van der Waals surface area (Å²) in [6, 6.07) is 7.57. The lowest BCUT2D eigenvalue weighted by atomic mass is 10.1. The van der Waals surface area contributed by atoms with Gasteiger partial charge in [0.05, 0.1) is 19.1 Å². The summed E-state index contributed by atoms with van der Waals surface area (Å²) in [5.74, 6) is 2.54. The highest BCUT2D eigenvalue weighted by molar-refractivity contribution is 7.20. The Morgan fingerprint density at radius 1 is 1.22 bits per heavy atom. The number of imidazole rings is 1. The molecule has 0 fully saturated rings. The highest BCUT2D eigenvalue weighted by Crippen LogP contribution is 2.36. The minimum absolute atomic E-state index is 0.274. The number of hydrogen-bond acceptors (Lipinski definition) is 8. The van der Waals surface area contributed by atoms with E-state index in [9.17, 15) is 4.79 Å². The summed E-state index contributed by atoms with van der Waals surface area (Å²) in [6.07, 6.45) is 3.67. The Balaban J connectivity index is 1.83. The molecule has 166 valence electrons. The minimum Gasteiger partial charge on any atom is -0.497 e. The normalized spacial score (nSPS) is 12.0. The van der Waals surface area contributed by atoms with Crippen LogP contribution in [0, 0.1) is 13.8 Å². The first-order chi connectivity index (χ1) is 15.4. The topological polar surface area (TPSA) is 91.2 Å². The maximum atomic E-state index is 12.5. The zero-order valence-corrected chi connectivity index (χ0v) is 19.5. The Morgan fingerprint density at radius 2 is 1.97 bits per heavy atom. The van der Waals surface area contributed by atoms with Gasteiger partial charge in [-0.15, -0.1) is 11.3 Å². The molecule has 8 nitrogen and oxygen atoms in total. The monoisotopic (exact) mass is 451 g/mol. The van der Waals surface area contributed by atoms with E-state index in [2.05, 4.69) is 20.3 Å². The van der Waals surface area contributed by atoms with Crippen molar-refractivity contribution in [2.24, 2.45) is 7.05 Å².